The standard InChI is InChI=1S/C24H30ClN3O2/c1-17(26-23(30)27-20-7-5-4-6-8-20)15-22(29)28-14-13-21(24(2,3)16-28)18-9-11-19(25)12-10-18/h4-12,17,21H,13-16H2,1-3H3,(H2,26,27,30)/t17-,21?/m1/s1. The number of para-hydroxylation sites is 1. The number of likely N-dealkylation sites (tertiary alicyclic amines) is 1. The van der Waals surface area contributed by atoms with Crippen LogP contribution in [0.4, 0.5) is 10.5 Å². The maximum Gasteiger partial charge on any atom is 0.319 e. The Bertz CT molecular complexity index is 868. The van der Waals surface area contributed by atoms with E-state index in [2.05, 4.69) is 36.6 Å². The van der Waals surface area contributed by atoms with Gasteiger partial charge in [0.1, 0.15) is 0 Å². The fraction of sp³-hybridized carbons (Fsp3) is 0.417. The highest BCUT2D eigenvalue weighted by atomic mass is 35.5. The van der Waals surface area contributed by atoms with Crippen LogP contribution in [-0.4, -0.2) is 36.0 Å². The Morgan fingerprint density at radius 2 is 1.80 bits per heavy atom. The Hall–Kier alpha value is -2.53. The predicted molar refractivity (Wildman–Crippen MR) is 122 cm³/mol. The number of nitrogens with one attached hydrogen (secondary N) is 2. The van der Waals surface area contributed by atoms with Gasteiger partial charge in [0.25, 0.3) is 0 Å². The van der Waals surface area contributed by atoms with Crippen molar-refractivity contribution in [2.75, 3.05) is 18.4 Å². The van der Waals surface area contributed by atoms with E-state index in [1.165, 1.54) is 5.56 Å². The fourth-order valence-corrected chi connectivity index (χ4v) is 4.36. The van der Waals surface area contributed by atoms with Crippen LogP contribution in [0.25, 0.3) is 0 Å². The summed E-state index contributed by atoms with van der Waals surface area (Å²) in [5, 5.41) is 6.37. The number of hydrogen-bond acceptors (Lipinski definition) is 2. The van der Waals surface area contributed by atoms with Crippen molar-refractivity contribution >= 4 is 29.2 Å². The molecule has 2 aromatic carbocycles. The Kier molecular flexibility index (Phi) is 7.03. The summed E-state index contributed by atoms with van der Waals surface area (Å²) in [6, 6.07) is 16.7. The van der Waals surface area contributed by atoms with E-state index in [-0.39, 0.29) is 29.8 Å². The van der Waals surface area contributed by atoms with Gasteiger partial charge in [-0.1, -0.05) is 55.8 Å². The van der Waals surface area contributed by atoms with Gasteiger partial charge in [-0.3, -0.25) is 4.79 Å². The monoisotopic (exact) mass is 427 g/mol. The summed E-state index contributed by atoms with van der Waals surface area (Å²) in [6.07, 6.45) is 1.20. The first-order chi connectivity index (χ1) is 14.2. The molecule has 0 aliphatic carbocycles. The third-order valence-electron chi connectivity index (χ3n) is 5.74. The number of carbonyl (C=O) groups excluding carboxylic acids is 2. The summed E-state index contributed by atoms with van der Waals surface area (Å²) in [6.45, 7) is 7.69. The molecule has 2 N–H and O–H groups in total. The number of piperidine rings is 1. The number of halogens is 1. The van der Waals surface area contributed by atoms with Gasteiger partial charge < -0.3 is 15.5 Å². The van der Waals surface area contributed by atoms with E-state index in [1.807, 2.05) is 54.3 Å². The van der Waals surface area contributed by atoms with Crippen molar-refractivity contribution in [1.82, 2.24) is 10.2 Å². The quantitative estimate of drug-likeness (QED) is 0.681. The van der Waals surface area contributed by atoms with Gasteiger partial charge in [0, 0.05) is 36.3 Å². The zero-order chi connectivity index (χ0) is 21.7. The Morgan fingerprint density at radius 3 is 2.43 bits per heavy atom. The fourth-order valence-electron chi connectivity index (χ4n) is 4.24. The van der Waals surface area contributed by atoms with Crippen LogP contribution in [0.3, 0.4) is 0 Å². The van der Waals surface area contributed by atoms with E-state index in [1.54, 1.807) is 0 Å². The van der Waals surface area contributed by atoms with Crippen LogP contribution in [0.15, 0.2) is 54.6 Å². The van der Waals surface area contributed by atoms with Gasteiger partial charge in [-0.15, -0.1) is 0 Å². The summed E-state index contributed by atoms with van der Waals surface area (Å²) in [4.78, 5) is 26.9. The molecule has 30 heavy (non-hydrogen) atoms. The van der Waals surface area contributed by atoms with Crippen molar-refractivity contribution in [2.45, 2.75) is 45.6 Å². The number of nitrogens with zero attached hydrogens (tertiary/aromatic N) is 1. The van der Waals surface area contributed by atoms with E-state index in [0.29, 0.717) is 12.5 Å². The highest BCUT2D eigenvalue weighted by Gasteiger charge is 2.38. The molecule has 2 atom stereocenters. The molecule has 1 saturated heterocycles. The Labute approximate surface area is 183 Å². The number of benzene rings is 2. The third-order valence-corrected chi connectivity index (χ3v) is 6.00. The van der Waals surface area contributed by atoms with Crippen LogP contribution < -0.4 is 10.6 Å². The molecule has 2 aromatic rings. The number of hydrogen-bond donors (Lipinski definition) is 2. The Balaban J connectivity index is 1.52. The molecule has 1 heterocycles. The first kappa shape index (κ1) is 22.2. The SMILES string of the molecule is C[C@H](CC(=O)N1CCC(c2ccc(Cl)cc2)C(C)(C)C1)NC(=O)Nc1ccccc1. The maximum atomic E-state index is 12.9. The molecular weight excluding hydrogens is 398 g/mol. The van der Waals surface area contributed by atoms with Crippen LogP contribution >= 0.6 is 11.6 Å². The second-order valence-electron chi connectivity index (χ2n) is 8.77. The number of urea groups is 1. The van der Waals surface area contributed by atoms with Crippen LogP contribution in [-0.2, 0) is 4.79 Å². The van der Waals surface area contributed by atoms with Gasteiger partial charge in [0.05, 0.1) is 0 Å². The lowest BCUT2D eigenvalue weighted by molar-refractivity contribution is -0.135. The number of carbonyl (C=O) groups is 2. The second kappa shape index (κ2) is 9.52. The molecule has 0 aromatic heterocycles. The lowest BCUT2D eigenvalue weighted by atomic mass is 9.70. The van der Waals surface area contributed by atoms with Crippen LogP contribution in [0.1, 0.15) is 45.1 Å². The van der Waals surface area contributed by atoms with Crippen LogP contribution in [0.5, 0.6) is 0 Å². The summed E-state index contributed by atoms with van der Waals surface area (Å²) < 4.78 is 0. The van der Waals surface area contributed by atoms with Gasteiger partial charge >= 0.3 is 6.03 Å². The molecular formula is C24H30ClN3O2. The van der Waals surface area contributed by atoms with Crippen molar-refractivity contribution in [3.05, 3.63) is 65.2 Å². The summed E-state index contributed by atoms with van der Waals surface area (Å²) in [5.74, 6) is 0.455. The molecule has 1 aliphatic heterocycles. The molecule has 0 saturated carbocycles. The summed E-state index contributed by atoms with van der Waals surface area (Å²) in [5.41, 5.74) is 1.95. The molecule has 0 spiro atoms. The highest BCUT2D eigenvalue weighted by molar-refractivity contribution is 6.30. The highest BCUT2D eigenvalue weighted by Crippen LogP contribution is 2.42. The molecule has 1 fully saturated rings. The smallest absolute Gasteiger partial charge is 0.319 e. The minimum atomic E-state index is -0.303. The molecule has 0 radical (unpaired) electrons. The molecule has 5 nitrogen and oxygen atoms in total. The minimum absolute atomic E-state index is 0.0386. The number of anilines is 1. The van der Waals surface area contributed by atoms with Crippen molar-refractivity contribution in [2.24, 2.45) is 5.41 Å². The normalized spacial score (nSPS) is 19.1. The lowest BCUT2D eigenvalue weighted by Crippen LogP contribution is -2.49. The molecule has 6 heteroatoms. The zero-order valence-electron chi connectivity index (χ0n) is 17.8. The van der Waals surface area contributed by atoms with Gasteiger partial charge in [-0.05, 0) is 54.5 Å². The van der Waals surface area contributed by atoms with Crippen molar-refractivity contribution in [1.29, 1.82) is 0 Å². The lowest BCUT2D eigenvalue weighted by Gasteiger charge is -2.45. The molecule has 1 aliphatic rings. The molecule has 3 rings (SSSR count). The summed E-state index contributed by atoms with van der Waals surface area (Å²) >= 11 is 6.03. The molecule has 0 bridgehead atoms. The zero-order valence-corrected chi connectivity index (χ0v) is 18.6. The van der Waals surface area contributed by atoms with Crippen LogP contribution in [0, 0.1) is 5.41 Å². The maximum absolute atomic E-state index is 12.9. The van der Waals surface area contributed by atoms with Crippen molar-refractivity contribution < 1.29 is 9.59 Å². The molecule has 1 unspecified atom stereocenters. The average molecular weight is 428 g/mol. The number of rotatable bonds is 5. The first-order valence-corrected chi connectivity index (χ1v) is 10.8. The van der Waals surface area contributed by atoms with E-state index in [9.17, 15) is 9.59 Å². The van der Waals surface area contributed by atoms with Crippen molar-refractivity contribution in [3.63, 3.8) is 0 Å². The average Bonchev–Trinajstić information content (AvgIpc) is 2.68. The topological polar surface area (TPSA) is 61.4 Å². The van der Waals surface area contributed by atoms with Gasteiger partial charge in [-0.2, -0.15) is 0 Å². The predicted octanol–water partition coefficient (Wildman–Crippen LogP) is 5.28. The molecule has 160 valence electrons. The van der Waals surface area contributed by atoms with Gasteiger partial charge in [-0.25, -0.2) is 4.79 Å². The van der Waals surface area contributed by atoms with E-state index in [0.717, 1.165) is 23.7 Å². The minimum Gasteiger partial charge on any atom is -0.342 e. The van der Waals surface area contributed by atoms with Crippen LogP contribution in [0.2, 0.25) is 5.02 Å². The first-order valence-electron chi connectivity index (χ1n) is 10.4. The van der Waals surface area contributed by atoms with E-state index >= 15 is 0 Å². The van der Waals surface area contributed by atoms with Gasteiger partial charge in [0.2, 0.25) is 5.91 Å². The van der Waals surface area contributed by atoms with E-state index < -0.39 is 0 Å². The van der Waals surface area contributed by atoms with Gasteiger partial charge in [0.15, 0.2) is 0 Å². The van der Waals surface area contributed by atoms with E-state index in [4.69, 9.17) is 11.6 Å². The summed E-state index contributed by atoms with van der Waals surface area (Å²) in [7, 11) is 0. The third kappa shape index (κ3) is 5.76. The molecule has 3 amide bonds. The van der Waals surface area contributed by atoms with Crippen molar-refractivity contribution in [3.8, 4) is 0 Å². The number of amides is 3. The Morgan fingerprint density at radius 1 is 1.13 bits per heavy atom. The largest absolute Gasteiger partial charge is 0.342 e. The second-order valence-corrected chi connectivity index (χ2v) is 9.20.